The molecule has 0 radical (unpaired) electrons. The smallest absolute Gasteiger partial charge is 0.339 e. The number of benzene rings is 2. The molecule has 0 aliphatic rings. The number of hydrogen-bond donors (Lipinski definition) is 1. The zero-order chi connectivity index (χ0) is 20.7. The van der Waals surface area contributed by atoms with E-state index < -0.39 is 22.8 Å². The molecule has 0 aromatic heterocycles. The highest BCUT2D eigenvalue weighted by atomic mass is 16.6. The summed E-state index contributed by atoms with van der Waals surface area (Å²) in [6.45, 7) is 0. The zero-order valence-electron chi connectivity index (χ0n) is 15.0. The number of carbonyl (C=O) groups is 3. The van der Waals surface area contributed by atoms with Gasteiger partial charge in [0, 0.05) is 18.2 Å². The first-order valence-corrected chi connectivity index (χ1v) is 7.90. The SMILES string of the molecule is COC(=O)c1ccc(C(=O)OC)c(NC(=O)/C=C/c2ccc([N+](=O)[O-])cc2)c1. The minimum atomic E-state index is -0.689. The number of nitrogens with one attached hydrogen (secondary N) is 1. The molecule has 0 saturated heterocycles. The Bertz CT molecular complexity index is 949. The standard InChI is InChI=1S/C19H16N2O7/c1-27-18(23)13-6-9-15(19(24)28-2)16(11-13)20-17(22)10-5-12-3-7-14(8-4-12)21(25)26/h3-11H,1-2H3,(H,20,22)/b10-5+. The normalized spacial score (nSPS) is 10.4. The van der Waals surface area contributed by atoms with Gasteiger partial charge in [0.05, 0.1) is 36.0 Å². The fourth-order valence-electron chi connectivity index (χ4n) is 2.23. The average Bonchev–Trinajstić information content (AvgIpc) is 2.71. The van der Waals surface area contributed by atoms with Crippen molar-refractivity contribution in [3.8, 4) is 0 Å². The second-order valence-electron chi connectivity index (χ2n) is 5.41. The Morgan fingerprint density at radius 3 is 2.21 bits per heavy atom. The van der Waals surface area contributed by atoms with E-state index in [1.807, 2.05) is 0 Å². The molecule has 0 heterocycles. The molecule has 0 atom stereocenters. The molecular formula is C19H16N2O7. The van der Waals surface area contributed by atoms with E-state index in [2.05, 4.69) is 14.8 Å². The molecule has 0 aliphatic heterocycles. The van der Waals surface area contributed by atoms with Crippen molar-refractivity contribution in [2.24, 2.45) is 0 Å². The van der Waals surface area contributed by atoms with Crippen LogP contribution < -0.4 is 5.32 Å². The van der Waals surface area contributed by atoms with Crippen LogP contribution in [-0.2, 0) is 14.3 Å². The number of methoxy groups -OCH3 is 2. The average molecular weight is 384 g/mol. The fourth-order valence-corrected chi connectivity index (χ4v) is 2.23. The molecule has 9 heteroatoms. The van der Waals surface area contributed by atoms with Gasteiger partial charge in [0.15, 0.2) is 0 Å². The minimum Gasteiger partial charge on any atom is -0.465 e. The highest BCUT2D eigenvalue weighted by Crippen LogP contribution is 2.20. The number of rotatable bonds is 6. The van der Waals surface area contributed by atoms with Gasteiger partial charge in [-0.3, -0.25) is 14.9 Å². The molecule has 2 aromatic carbocycles. The molecule has 2 aromatic rings. The predicted molar refractivity (Wildman–Crippen MR) is 99.9 cm³/mol. The molecular weight excluding hydrogens is 368 g/mol. The Morgan fingerprint density at radius 2 is 1.64 bits per heavy atom. The van der Waals surface area contributed by atoms with Gasteiger partial charge < -0.3 is 14.8 Å². The zero-order valence-corrected chi connectivity index (χ0v) is 15.0. The Hall–Kier alpha value is -4.01. The van der Waals surface area contributed by atoms with Crippen molar-refractivity contribution in [3.63, 3.8) is 0 Å². The van der Waals surface area contributed by atoms with Gasteiger partial charge in [-0.25, -0.2) is 9.59 Å². The number of ether oxygens (including phenoxy) is 2. The molecule has 0 bridgehead atoms. The van der Waals surface area contributed by atoms with E-state index in [9.17, 15) is 24.5 Å². The second kappa shape index (κ2) is 9.08. The number of carbonyl (C=O) groups excluding carboxylic acids is 3. The fraction of sp³-hybridized carbons (Fsp3) is 0.105. The van der Waals surface area contributed by atoms with E-state index in [1.54, 1.807) is 0 Å². The van der Waals surface area contributed by atoms with Crippen LogP contribution in [0.15, 0.2) is 48.5 Å². The van der Waals surface area contributed by atoms with Gasteiger partial charge in [-0.2, -0.15) is 0 Å². The molecule has 1 amide bonds. The van der Waals surface area contributed by atoms with Crippen LogP contribution in [0.4, 0.5) is 11.4 Å². The molecule has 0 unspecified atom stereocenters. The minimum absolute atomic E-state index is 0.0623. The van der Waals surface area contributed by atoms with Crippen LogP contribution in [0.25, 0.3) is 6.08 Å². The van der Waals surface area contributed by atoms with Gasteiger partial charge >= 0.3 is 11.9 Å². The summed E-state index contributed by atoms with van der Waals surface area (Å²) in [6.07, 6.45) is 2.63. The molecule has 0 fully saturated rings. The third kappa shape index (κ3) is 5.01. The van der Waals surface area contributed by atoms with Crippen LogP contribution in [0.2, 0.25) is 0 Å². The van der Waals surface area contributed by atoms with Gasteiger partial charge in [-0.1, -0.05) is 0 Å². The lowest BCUT2D eigenvalue weighted by atomic mass is 10.1. The quantitative estimate of drug-likeness (QED) is 0.351. The number of hydrogen-bond acceptors (Lipinski definition) is 7. The monoisotopic (exact) mass is 384 g/mol. The van der Waals surface area contributed by atoms with Crippen molar-refractivity contribution in [2.45, 2.75) is 0 Å². The number of non-ortho nitro benzene ring substituents is 1. The number of nitro groups is 1. The van der Waals surface area contributed by atoms with Gasteiger partial charge in [0.2, 0.25) is 5.91 Å². The molecule has 9 nitrogen and oxygen atoms in total. The van der Waals surface area contributed by atoms with E-state index in [0.717, 1.165) is 0 Å². The summed E-state index contributed by atoms with van der Waals surface area (Å²) >= 11 is 0. The first kappa shape index (κ1) is 20.3. The van der Waals surface area contributed by atoms with Crippen molar-refractivity contribution in [3.05, 3.63) is 75.3 Å². The predicted octanol–water partition coefficient (Wildman–Crippen LogP) is 2.82. The highest BCUT2D eigenvalue weighted by molar-refractivity contribution is 6.07. The number of nitrogens with zero attached hydrogens (tertiary/aromatic N) is 1. The number of esters is 2. The Balaban J connectivity index is 2.22. The number of amides is 1. The maximum atomic E-state index is 12.2. The van der Waals surface area contributed by atoms with E-state index in [0.29, 0.717) is 5.56 Å². The van der Waals surface area contributed by atoms with Crippen LogP contribution in [0.1, 0.15) is 26.3 Å². The van der Waals surface area contributed by atoms with Crippen molar-refractivity contribution in [1.82, 2.24) is 0 Å². The van der Waals surface area contributed by atoms with E-state index in [-0.39, 0.29) is 22.5 Å². The van der Waals surface area contributed by atoms with Crippen LogP contribution in [-0.4, -0.2) is 37.0 Å². The maximum Gasteiger partial charge on any atom is 0.339 e. The summed E-state index contributed by atoms with van der Waals surface area (Å²) < 4.78 is 9.29. The van der Waals surface area contributed by atoms with Crippen molar-refractivity contribution < 1.29 is 28.8 Å². The highest BCUT2D eigenvalue weighted by Gasteiger charge is 2.16. The Labute approximate surface area is 159 Å². The Kier molecular flexibility index (Phi) is 6.58. The third-order valence-electron chi connectivity index (χ3n) is 3.63. The van der Waals surface area contributed by atoms with Crippen LogP contribution in [0.3, 0.4) is 0 Å². The molecule has 144 valence electrons. The largest absolute Gasteiger partial charge is 0.465 e. The van der Waals surface area contributed by atoms with Crippen LogP contribution in [0, 0.1) is 10.1 Å². The first-order valence-electron chi connectivity index (χ1n) is 7.90. The molecule has 0 saturated carbocycles. The van der Waals surface area contributed by atoms with Gasteiger partial charge in [0.25, 0.3) is 5.69 Å². The third-order valence-corrected chi connectivity index (χ3v) is 3.63. The van der Waals surface area contributed by atoms with Gasteiger partial charge in [-0.05, 0) is 42.0 Å². The van der Waals surface area contributed by atoms with Crippen molar-refractivity contribution >= 4 is 35.3 Å². The molecule has 0 spiro atoms. The summed E-state index contributed by atoms with van der Waals surface area (Å²) in [5.74, 6) is -1.90. The first-order chi connectivity index (χ1) is 13.3. The van der Waals surface area contributed by atoms with Crippen LogP contribution in [0.5, 0.6) is 0 Å². The van der Waals surface area contributed by atoms with E-state index >= 15 is 0 Å². The van der Waals surface area contributed by atoms with E-state index in [1.165, 1.54) is 68.8 Å². The lowest BCUT2D eigenvalue weighted by Crippen LogP contribution is -2.14. The molecule has 2 rings (SSSR count). The summed E-state index contributed by atoms with van der Waals surface area (Å²) in [7, 11) is 2.40. The van der Waals surface area contributed by atoms with Crippen molar-refractivity contribution in [2.75, 3.05) is 19.5 Å². The van der Waals surface area contributed by atoms with Crippen LogP contribution >= 0.6 is 0 Å². The summed E-state index contributed by atoms with van der Waals surface area (Å²) in [5.41, 5.74) is 0.784. The van der Waals surface area contributed by atoms with E-state index in [4.69, 9.17) is 0 Å². The molecule has 28 heavy (non-hydrogen) atoms. The van der Waals surface area contributed by atoms with Gasteiger partial charge in [-0.15, -0.1) is 0 Å². The number of nitro benzene ring substituents is 1. The van der Waals surface area contributed by atoms with Crippen molar-refractivity contribution in [1.29, 1.82) is 0 Å². The summed E-state index contributed by atoms with van der Waals surface area (Å²) in [4.78, 5) is 45.9. The number of anilines is 1. The lowest BCUT2D eigenvalue weighted by molar-refractivity contribution is -0.384. The summed E-state index contributed by atoms with van der Waals surface area (Å²) in [5, 5.41) is 13.1. The molecule has 1 N–H and O–H groups in total. The maximum absolute atomic E-state index is 12.2. The molecule has 0 aliphatic carbocycles. The topological polar surface area (TPSA) is 125 Å². The lowest BCUT2D eigenvalue weighted by Gasteiger charge is -2.10. The Morgan fingerprint density at radius 1 is 1.00 bits per heavy atom. The van der Waals surface area contributed by atoms with Gasteiger partial charge in [0.1, 0.15) is 0 Å². The summed E-state index contributed by atoms with van der Waals surface area (Å²) in [6, 6.07) is 9.61. The second-order valence-corrected chi connectivity index (χ2v) is 5.41.